The maximum atomic E-state index is 12.6. The number of halogens is 4. The van der Waals surface area contributed by atoms with Crippen molar-refractivity contribution in [3.8, 4) is 0 Å². The highest BCUT2D eigenvalue weighted by atomic mass is 35.5. The summed E-state index contributed by atoms with van der Waals surface area (Å²) in [5.74, 6) is -0.598. The van der Waals surface area contributed by atoms with Crippen molar-refractivity contribution >= 4 is 29.3 Å². The van der Waals surface area contributed by atoms with Gasteiger partial charge in [0.15, 0.2) is 0 Å². The van der Waals surface area contributed by atoms with Gasteiger partial charge in [-0.25, -0.2) is 9.78 Å². The Balaban J connectivity index is 3.07. The van der Waals surface area contributed by atoms with Crippen LogP contribution in [0.15, 0.2) is 28.4 Å². The van der Waals surface area contributed by atoms with Gasteiger partial charge in [0.2, 0.25) is 0 Å². The van der Waals surface area contributed by atoms with E-state index in [1.165, 1.54) is 6.20 Å². The van der Waals surface area contributed by atoms with Crippen LogP contribution in [0.5, 0.6) is 0 Å². The Bertz CT molecular complexity index is 577. The molecule has 0 spiro atoms. The molecule has 0 atom stereocenters. The summed E-state index contributed by atoms with van der Waals surface area (Å²) in [5.41, 5.74) is -0.948. The second kappa shape index (κ2) is 7.73. The number of pyridine rings is 1. The molecule has 0 radical (unpaired) electrons. The zero-order chi connectivity index (χ0) is 16.9. The van der Waals surface area contributed by atoms with Gasteiger partial charge in [-0.05, 0) is 13.0 Å². The number of carbonyl (C=O) groups excluding carboxylic acids is 1. The van der Waals surface area contributed by atoms with E-state index < -0.39 is 17.7 Å². The van der Waals surface area contributed by atoms with Gasteiger partial charge in [0.05, 0.1) is 17.2 Å². The molecule has 0 unspecified atom stereocenters. The van der Waals surface area contributed by atoms with E-state index in [1.807, 2.05) is 0 Å². The minimum Gasteiger partial charge on any atom is -0.462 e. The second-order valence-electron chi connectivity index (χ2n) is 4.29. The third-order valence-corrected chi connectivity index (χ3v) is 3.60. The highest BCUT2D eigenvalue weighted by molar-refractivity contribution is 8.04. The molecule has 0 aromatic carbocycles. The fraction of sp³-hybridized carbons (Fsp3) is 0.385. The minimum absolute atomic E-state index is 0.0934. The van der Waals surface area contributed by atoms with Crippen LogP contribution in [0.4, 0.5) is 13.2 Å². The Morgan fingerprint density at radius 2 is 2.14 bits per heavy atom. The highest BCUT2D eigenvalue weighted by Crippen LogP contribution is 2.36. The van der Waals surface area contributed by atoms with Crippen LogP contribution in [0.2, 0.25) is 5.02 Å². The van der Waals surface area contributed by atoms with Gasteiger partial charge in [0.25, 0.3) is 0 Å². The Morgan fingerprint density at radius 3 is 2.59 bits per heavy atom. The van der Waals surface area contributed by atoms with Gasteiger partial charge in [-0.15, -0.1) is 0 Å². The van der Waals surface area contributed by atoms with Gasteiger partial charge < -0.3 is 9.64 Å². The van der Waals surface area contributed by atoms with E-state index >= 15 is 0 Å². The van der Waals surface area contributed by atoms with Crippen molar-refractivity contribution in [2.45, 2.75) is 18.1 Å². The zero-order valence-electron chi connectivity index (χ0n) is 12.1. The minimum atomic E-state index is -4.52. The number of hydrogen-bond acceptors (Lipinski definition) is 5. The number of ether oxygens (including phenoxy) is 1. The monoisotopic (exact) mass is 354 g/mol. The molecule has 0 aliphatic heterocycles. The number of esters is 1. The lowest BCUT2D eigenvalue weighted by Crippen LogP contribution is -2.11. The summed E-state index contributed by atoms with van der Waals surface area (Å²) in [6.45, 7) is 1.83. The van der Waals surface area contributed by atoms with Crippen molar-refractivity contribution in [3.63, 3.8) is 0 Å². The van der Waals surface area contributed by atoms with E-state index in [9.17, 15) is 18.0 Å². The average Bonchev–Trinajstić information content (AvgIpc) is 2.38. The first-order valence-corrected chi connectivity index (χ1v) is 7.30. The van der Waals surface area contributed by atoms with Crippen molar-refractivity contribution < 1.29 is 22.7 Å². The Labute approximate surface area is 135 Å². The first-order valence-electron chi connectivity index (χ1n) is 6.11. The van der Waals surface area contributed by atoms with Gasteiger partial charge in [-0.2, -0.15) is 13.2 Å². The summed E-state index contributed by atoms with van der Waals surface area (Å²) in [7, 11) is 3.39. The number of thioether (sulfide) groups is 1. The molecular weight excluding hydrogens is 341 g/mol. The van der Waals surface area contributed by atoms with E-state index in [4.69, 9.17) is 16.3 Å². The van der Waals surface area contributed by atoms with Crippen LogP contribution in [0.25, 0.3) is 0 Å². The summed E-state index contributed by atoms with van der Waals surface area (Å²) in [6.07, 6.45) is -2.37. The van der Waals surface area contributed by atoms with Crippen molar-refractivity contribution in [1.82, 2.24) is 9.88 Å². The van der Waals surface area contributed by atoms with Gasteiger partial charge in [-0.3, -0.25) is 0 Å². The molecule has 1 heterocycles. The summed E-state index contributed by atoms with van der Waals surface area (Å²) in [5, 5.41) is -0.0930. The predicted octanol–water partition coefficient (Wildman–Crippen LogP) is 3.81. The molecule has 1 rings (SSSR count). The normalized spacial score (nSPS) is 12.2. The summed E-state index contributed by atoms with van der Waals surface area (Å²) in [6, 6.07) is 0.773. The molecule has 0 N–H and O–H groups in total. The van der Waals surface area contributed by atoms with E-state index in [-0.39, 0.29) is 21.6 Å². The first kappa shape index (κ1) is 18.6. The standard InChI is InChI=1S/C13H14ClF3N2O2S/c1-4-21-12(20)10(7-19(2)3)22-11-9(14)5-8(6-18-11)13(15,16)17/h5-7H,4H2,1-3H3/b10-7-. The van der Waals surface area contributed by atoms with Gasteiger partial charge in [-0.1, -0.05) is 23.4 Å². The maximum Gasteiger partial charge on any atom is 0.417 e. The molecule has 0 aliphatic rings. The molecule has 0 aliphatic carbocycles. The quantitative estimate of drug-likeness (QED) is 0.457. The van der Waals surface area contributed by atoms with Crippen molar-refractivity contribution in [2.24, 2.45) is 0 Å². The molecule has 22 heavy (non-hydrogen) atoms. The van der Waals surface area contributed by atoms with Crippen LogP contribution in [0.1, 0.15) is 12.5 Å². The molecule has 1 aromatic heterocycles. The lowest BCUT2D eigenvalue weighted by Gasteiger charge is -2.12. The van der Waals surface area contributed by atoms with Gasteiger partial charge in [0.1, 0.15) is 9.93 Å². The zero-order valence-corrected chi connectivity index (χ0v) is 13.6. The lowest BCUT2D eigenvalue weighted by molar-refractivity contribution is -0.138. The number of hydrogen-bond donors (Lipinski definition) is 0. The topological polar surface area (TPSA) is 42.4 Å². The summed E-state index contributed by atoms with van der Waals surface area (Å²) in [4.78, 5) is 17.3. The molecule has 0 saturated carbocycles. The van der Waals surface area contributed by atoms with Gasteiger partial charge >= 0.3 is 12.1 Å². The van der Waals surface area contributed by atoms with Gasteiger partial charge in [0, 0.05) is 26.5 Å². The molecule has 0 saturated heterocycles. The van der Waals surface area contributed by atoms with Crippen LogP contribution in [-0.2, 0) is 15.7 Å². The van der Waals surface area contributed by atoms with E-state index in [0.29, 0.717) is 6.20 Å². The molecule has 9 heteroatoms. The predicted molar refractivity (Wildman–Crippen MR) is 78.5 cm³/mol. The number of nitrogens with zero attached hydrogens (tertiary/aromatic N) is 2. The Hall–Kier alpha value is -1.41. The van der Waals surface area contributed by atoms with Crippen molar-refractivity contribution in [3.05, 3.63) is 34.0 Å². The first-order chi connectivity index (χ1) is 10.1. The van der Waals surface area contributed by atoms with Crippen LogP contribution < -0.4 is 0 Å². The third-order valence-electron chi connectivity index (χ3n) is 2.19. The molecule has 0 fully saturated rings. The molecular formula is C13H14ClF3N2O2S. The van der Waals surface area contributed by atoms with Crippen LogP contribution in [0, 0.1) is 0 Å². The largest absolute Gasteiger partial charge is 0.462 e. The van der Waals surface area contributed by atoms with Crippen molar-refractivity contribution in [2.75, 3.05) is 20.7 Å². The second-order valence-corrected chi connectivity index (χ2v) is 5.73. The molecule has 4 nitrogen and oxygen atoms in total. The highest BCUT2D eigenvalue weighted by Gasteiger charge is 2.31. The fourth-order valence-electron chi connectivity index (χ4n) is 1.32. The van der Waals surface area contributed by atoms with E-state index in [1.54, 1.807) is 25.9 Å². The van der Waals surface area contributed by atoms with E-state index in [0.717, 1.165) is 17.8 Å². The number of alkyl halides is 3. The summed E-state index contributed by atoms with van der Waals surface area (Å²) >= 11 is 6.67. The molecule has 122 valence electrons. The number of rotatable bonds is 5. The summed E-state index contributed by atoms with van der Waals surface area (Å²) < 4.78 is 42.6. The SMILES string of the molecule is CCOC(=O)/C(=C/N(C)C)Sc1ncc(C(F)(F)F)cc1Cl. The molecule has 0 bridgehead atoms. The Morgan fingerprint density at radius 1 is 1.50 bits per heavy atom. The molecule has 1 aromatic rings. The lowest BCUT2D eigenvalue weighted by atomic mass is 10.3. The van der Waals surface area contributed by atoms with Crippen LogP contribution in [0.3, 0.4) is 0 Å². The van der Waals surface area contributed by atoms with Crippen LogP contribution >= 0.6 is 23.4 Å². The van der Waals surface area contributed by atoms with Crippen LogP contribution in [-0.4, -0.2) is 36.6 Å². The van der Waals surface area contributed by atoms with E-state index in [2.05, 4.69) is 4.98 Å². The Kier molecular flexibility index (Phi) is 6.55. The number of carbonyl (C=O) groups is 1. The third kappa shape index (κ3) is 5.42. The fourth-order valence-corrected chi connectivity index (χ4v) is 2.48. The average molecular weight is 355 g/mol. The molecule has 0 amide bonds. The smallest absolute Gasteiger partial charge is 0.417 e. The maximum absolute atomic E-state index is 12.6. The van der Waals surface area contributed by atoms with Crippen molar-refractivity contribution in [1.29, 1.82) is 0 Å². The number of aromatic nitrogens is 1.